The van der Waals surface area contributed by atoms with Crippen LogP contribution in [0.5, 0.6) is 0 Å². The van der Waals surface area contributed by atoms with Crippen LogP contribution in [-0.2, 0) is 20.8 Å². The van der Waals surface area contributed by atoms with Crippen molar-refractivity contribution in [2.24, 2.45) is 0 Å². The van der Waals surface area contributed by atoms with Gasteiger partial charge in [-0.05, 0) is 18.1 Å². The van der Waals surface area contributed by atoms with E-state index in [4.69, 9.17) is 5.26 Å². The number of nitrogens with one attached hydrogen (secondary N) is 2. The first-order valence-corrected chi connectivity index (χ1v) is 6.82. The number of carbonyl (C=O) groups excluding carboxylic acids is 2. The number of amides is 2. The van der Waals surface area contributed by atoms with Crippen molar-refractivity contribution in [2.45, 2.75) is 31.3 Å². The maximum atomic E-state index is 12.0. The van der Waals surface area contributed by atoms with E-state index in [1.807, 2.05) is 6.07 Å². The van der Waals surface area contributed by atoms with E-state index in [0.717, 1.165) is 0 Å². The summed E-state index contributed by atoms with van der Waals surface area (Å²) in [6.45, 7) is 0. The Balaban J connectivity index is 2.07. The van der Waals surface area contributed by atoms with Crippen LogP contribution in [0.3, 0.4) is 0 Å². The Labute approximate surface area is 126 Å². The van der Waals surface area contributed by atoms with Crippen LogP contribution in [0.2, 0.25) is 0 Å². The minimum atomic E-state index is -1.19. The summed E-state index contributed by atoms with van der Waals surface area (Å²) in [6, 6.07) is 6.77. The Morgan fingerprint density at radius 1 is 1.45 bits per heavy atom. The van der Waals surface area contributed by atoms with Gasteiger partial charge in [-0.15, -0.1) is 0 Å². The highest BCUT2D eigenvalue weighted by Crippen LogP contribution is 2.12. The summed E-state index contributed by atoms with van der Waals surface area (Å²) in [5.74, 6) is -1.93. The Hall–Kier alpha value is -2.88. The van der Waals surface area contributed by atoms with Crippen molar-refractivity contribution in [2.75, 3.05) is 0 Å². The second-order valence-electron chi connectivity index (χ2n) is 5.03. The van der Waals surface area contributed by atoms with Crippen LogP contribution in [-0.4, -0.2) is 35.0 Å². The zero-order valence-electron chi connectivity index (χ0n) is 11.7. The third-order valence-electron chi connectivity index (χ3n) is 3.49. The number of carboxylic acids is 1. The number of nitrogens with zero attached hydrogens (tertiary/aromatic N) is 1. The summed E-state index contributed by atoms with van der Waals surface area (Å²) in [6.07, 6.45) is 0.615. The lowest BCUT2D eigenvalue weighted by atomic mass is 10.0. The van der Waals surface area contributed by atoms with Gasteiger partial charge in [0, 0.05) is 12.8 Å². The number of benzene rings is 1. The monoisotopic (exact) mass is 301 g/mol. The first-order chi connectivity index (χ1) is 10.5. The number of hydrogen-bond donors (Lipinski definition) is 3. The summed E-state index contributed by atoms with van der Waals surface area (Å²) >= 11 is 0. The maximum absolute atomic E-state index is 12.0. The van der Waals surface area contributed by atoms with Gasteiger partial charge in [0.05, 0.1) is 11.6 Å². The van der Waals surface area contributed by atoms with E-state index in [9.17, 15) is 19.5 Å². The third-order valence-corrected chi connectivity index (χ3v) is 3.49. The SMILES string of the molecule is N#Cc1ccccc1C[C@@H](NC(=O)[C@H]1CCC(=O)N1)C(=O)O. The fourth-order valence-corrected chi connectivity index (χ4v) is 2.31. The average Bonchev–Trinajstić information content (AvgIpc) is 2.93. The molecule has 0 saturated carbocycles. The van der Waals surface area contributed by atoms with Gasteiger partial charge in [-0.2, -0.15) is 5.26 Å². The summed E-state index contributed by atoms with van der Waals surface area (Å²) in [5, 5.41) is 23.2. The van der Waals surface area contributed by atoms with E-state index in [1.165, 1.54) is 0 Å². The summed E-state index contributed by atoms with van der Waals surface area (Å²) in [7, 11) is 0. The zero-order valence-corrected chi connectivity index (χ0v) is 11.7. The van der Waals surface area contributed by atoms with E-state index in [0.29, 0.717) is 17.5 Å². The summed E-state index contributed by atoms with van der Waals surface area (Å²) in [4.78, 5) is 34.4. The molecule has 1 fully saturated rings. The van der Waals surface area contributed by atoms with Gasteiger partial charge in [0.25, 0.3) is 0 Å². The molecular formula is C15H15N3O4. The van der Waals surface area contributed by atoms with Gasteiger partial charge < -0.3 is 15.7 Å². The van der Waals surface area contributed by atoms with Crippen molar-refractivity contribution in [3.05, 3.63) is 35.4 Å². The van der Waals surface area contributed by atoms with Crippen LogP contribution >= 0.6 is 0 Å². The fourth-order valence-electron chi connectivity index (χ4n) is 2.31. The van der Waals surface area contributed by atoms with Gasteiger partial charge in [0.15, 0.2) is 0 Å². The van der Waals surface area contributed by atoms with Gasteiger partial charge in [0.1, 0.15) is 12.1 Å². The smallest absolute Gasteiger partial charge is 0.326 e. The lowest BCUT2D eigenvalue weighted by Crippen LogP contribution is -2.49. The lowest BCUT2D eigenvalue weighted by Gasteiger charge is -2.18. The number of carbonyl (C=O) groups is 3. The van der Waals surface area contributed by atoms with Crippen LogP contribution in [0, 0.1) is 11.3 Å². The molecule has 3 N–H and O–H groups in total. The highest BCUT2D eigenvalue weighted by atomic mass is 16.4. The molecule has 7 heteroatoms. The Morgan fingerprint density at radius 3 is 2.77 bits per heavy atom. The maximum Gasteiger partial charge on any atom is 0.326 e. The van der Waals surface area contributed by atoms with Crippen molar-refractivity contribution >= 4 is 17.8 Å². The molecule has 1 aromatic carbocycles. The van der Waals surface area contributed by atoms with Crippen LogP contribution in [0.4, 0.5) is 0 Å². The van der Waals surface area contributed by atoms with Crippen LogP contribution in [0.15, 0.2) is 24.3 Å². The number of aliphatic carboxylic acids is 1. The molecule has 2 rings (SSSR count). The average molecular weight is 301 g/mol. The predicted octanol–water partition coefficient (Wildman–Crippen LogP) is -0.0512. The molecule has 22 heavy (non-hydrogen) atoms. The normalized spacial score (nSPS) is 18.1. The van der Waals surface area contributed by atoms with Gasteiger partial charge in [0.2, 0.25) is 11.8 Å². The van der Waals surface area contributed by atoms with Crippen molar-refractivity contribution in [1.29, 1.82) is 5.26 Å². The van der Waals surface area contributed by atoms with Gasteiger partial charge >= 0.3 is 5.97 Å². The standard InChI is InChI=1S/C15H15N3O4/c16-8-10-4-2-1-3-9(10)7-12(15(21)22)18-14(20)11-5-6-13(19)17-11/h1-4,11-12H,5-7H2,(H,17,19)(H,18,20)(H,21,22)/t11-,12-/m1/s1. The molecule has 2 amide bonds. The van der Waals surface area contributed by atoms with E-state index in [1.54, 1.807) is 24.3 Å². The minimum absolute atomic E-state index is 0.00543. The number of nitriles is 1. The highest BCUT2D eigenvalue weighted by molar-refractivity contribution is 5.92. The Kier molecular flexibility index (Phi) is 4.73. The molecule has 0 spiro atoms. The number of carboxylic acid groups (broad SMARTS) is 1. The molecule has 0 bridgehead atoms. The van der Waals surface area contributed by atoms with Gasteiger partial charge in [-0.25, -0.2) is 4.79 Å². The Morgan fingerprint density at radius 2 is 2.18 bits per heavy atom. The predicted molar refractivity (Wildman–Crippen MR) is 75.6 cm³/mol. The third kappa shape index (κ3) is 3.61. The molecule has 1 saturated heterocycles. The zero-order chi connectivity index (χ0) is 16.1. The molecule has 0 radical (unpaired) electrons. The van der Waals surface area contributed by atoms with Crippen LogP contribution in [0.1, 0.15) is 24.0 Å². The van der Waals surface area contributed by atoms with Crippen molar-refractivity contribution in [1.82, 2.24) is 10.6 Å². The summed E-state index contributed by atoms with van der Waals surface area (Å²) in [5.41, 5.74) is 0.922. The van der Waals surface area contributed by atoms with Crippen molar-refractivity contribution in [3.63, 3.8) is 0 Å². The molecule has 7 nitrogen and oxygen atoms in total. The minimum Gasteiger partial charge on any atom is -0.480 e. The second-order valence-corrected chi connectivity index (χ2v) is 5.03. The molecular weight excluding hydrogens is 286 g/mol. The molecule has 1 heterocycles. The van der Waals surface area contributed by atoms with Crippen LogP contribution in [0.25, 0.3) is 0 Å². The van der Waals surface area contributed by atoms with E-state index in [2.05, 4.69) is 10.6 Å². The molecule has 1 aliphatic rings. The largest absolute Gasteiger partial charge is 0.480 e. The summed E-state index contributed by atoms with van der Waals surface area (Å²) < 4.78 is 0. The number of rotatable bonds is 5. The number of hydrogen-bond acceptors (Lipinski definition) is 4. The van der Waals surface area contributed by atoms with E-state index >= 15 is 0 Å². The topological polar surface area (TPSA) is 119 Å². The van der Waals surface area contributed by atoms with E-state index < -0.39 is 24.0 Å². The van der Waals surface area contributed by atoms with Gasteiger partial charge in [-0.1, -0.05) is 18.2 Å². The van der Waals surface area contributed by atoms with E-state index in [-0.39, 0.29) is 18.7 Å². The van der Waals surface area contributed by atoms with Gasteiger partial charge in [-0.3, -0.25) is 9.59 Å². The van der Waals surface area contributed by atoms with Crippen molar-refractivity contribution < 1.29 is 19.5 Å². The fraction of sp³-hybridized carbons (Fsp3) is 0.333. The first kappa shape index (κ1) is 15.5. The molecule has 0 aromatic heterocycles. The Bertz CT molecular complexity index is 650. The molecule has 0 aliphatic carbocycles. The molecule has 0 unspecified atom stereocenters. The highest BCUT2D eigenvalue weighted by Gasteiger charge is 2.30. The quantitative estimate of drug-likeness (QED) is 0.704. The van der Waals surface area contributed by atoms with Crippen molar-refractivity contribution in [3.8, 4) is 6.07 Å². The molecule has 1 aromatic rings. The second kappa shape index (κ2) is 6.72. The molecule has 1 aliphatic heterocycles. The lowest BCUT2D eigenvalue weighted by molar-refractivity contribution is -0.142. The van der Waals surface area contributed by atoms with Crippen LogP contribution < -0.4 is 10.6 Å². The molecule has 114 valence electrons. The molecule has 2 atom stereocenters. The first-order valence-electron chi connectivity index (χ1n) is 6.82.